The van der Waals surface area contributed by atoms with Gasteiger partial charge >= 0.3 is 0 Å². The number of H-pyrrole nitrogens is 1. The zero-order valence-corrected chi connectivity index (χ0v) is 20.9. The lowest BCUT2D eigenvalue weighted by Gasteiger charge is -2.15. The number of carbonyl (C=O) groups excluding carboxylic acids is 2. The number of halogens is 2. The van der Waals surface area contributed by atoms with E-state index < -0.39 is 29.6 Å². The Bertz CT molecular complexity index is 1390. The molecule has 1 heterocycles. The summed E-state index contributed by atoms with van der Waals surface area (Å²) in [6, 6.07) is 10.4. The predicted molar refractivity (Wildman–Crippen MR) is 141 cm³/mol. The first-order valence-electron chi connectivity index (χ1n) is 11.4. The fourth-order valence-corrected chi connectivity index (χ4v) is 3.46. The van der Waals surface area contributed by atoms with Crippen molar-refractivity contribution in [2.24, 2.45) is 0 Å². The molecule has 9 nitrogen and oxygen atoms in total. The van der Waals surface area contributed by atoms with Crippen LogP contribution in [0.3, 0.4) is 0 Å². The van der Waals surface area contributed by atoms with Gasteiger partial charge in [0.05, 0.1) is 11.8 Å². The van der Waals surface area contributed by atoms with Crippen molar-refractivity contribution in [3.05, 3.63) is 95.0 Å². The molecule has 0 saturated carbocycles. The maximum absolute atomic E-state index is 15.0. The quantitative estimate of drug-likeness (QED) is 0.0764. The molecule has 38 heavy (non-hydrogen) atoms. The van der Waals surface area contributed by atoms with Gasteiger partial charge in [-0.2, -0.15) is 0 Å². The molecule has 198 valence electrons. The van der Waals surface area contributed by atoms with Crippen LogP contribution in [0.2, 0.25) is 0 Å². The molecule has 2 amide bonds. The summed E-state index contributed by atoms with van der Waals surface area (Å²) in [6.45, 7) is 3.08. The molecule has 1 atom stereocenters. The van der Waals surface area contributed by atoms with Crippen LogP contribution >= 0.6 is 0 Å². The van der Waals surface area contributed by atoms with E-state index in [1.165, 1.54) is 56.4 Å². The molecule has 1 unspecified atom stereocenters. The Labute approximate surface area is 217 Å². The topological polar surface area (TPSA) is 139 Å². The van der Waals surface area contributed by atoms with Crippen LogP contribution < -0.4 is 20.7 Å². The molecule has 0 bridgehead atoms. The lowest BCUT2D eigenvalue weighted by Crippen LogP contribution is -2.29. The van der Waals surface area contributed by atoms with Crippen molar-refractivity contribution in [3.8, 4) is 5.75 Å². The first-order valence-corrected chi connectivity index (χ1v) is 11.4. The van der Waals surface area contributed by atoms with E-state index in [9.17, 15) is 23.5 Å². The number of anilines is 2. The van der Waals surface area contributed by atoms with E-state index in [1.54, 1.807) is 19.2 Å². The van der Waals surface area contributed by atoms with Gasteiger partial charge in [-0.3, -0.25) is 9.59 Å². The Hall–Kier alpha value is -4.77. The maximum Gasteiger partial charge on any atom is 0.263 e. The van der Waals surface area contributed by atoms with E-state index in [1.807, 2.05) is 0 Å². The molecule has 3 rings (SSSR count). The summed E-state index contributed by atoms with van der Waals surface area (Å²) in [6.07, 6.45) is 3.01. The zero-order valence-electron chi connectivity index (χ0n) is 20.9. The largest absolute Gasteiger partial charge is 0.452 e. The molecule has 3 aromatic rings. The Morgan fingerprint density at radius 2 is 1.68 bits per heavy atom. The molecule has 2 aromatic carbocycles. The molecule has 6 N–H and O–H groups in total. The van der Waals surface area contributed by atoms with Crippen molar-refractivity contribution >= 4 is 35.2 Å². The summed E-state index contributed by atoms with van der Waals surface area (Å²) in [5.41, 5.74) is 1.21. The highest BCUT2D eigenvalue weighted by Gasteiger charge is 2.23. The first kappa shape index (κ1) is 27.8. The van der Waals surface area contributed by atoms with Gasteiger partial charge in [0, 0.05) is 54.2 Å². The van der Waals surface area contributed by atoms with Crippen molar-refractivity contribution in [2.45, 2.75) is 20.0 Å². The van der Waals surface area contributed by atoms with Gasteiger partial charge in [0.1, 0.15) is 11.4 Å². The molecule has 0 saturated heterocycles. The summed E-state index contributed by atoms with van der Waals surface area (Å²) < 4.78 is 33.8. The lowest BCUT2D eigenvalue weighted by molar-refractivity contribution is -0.118. The van der Waals surface area contributed by atoms with Gasteiger partial charge in [0.2, 0.25) is 0 Å². The zero-order chi connectivity index (χ0) is 27.8. The minimum Gasteiger partial charge on any atom is -0.452 e. The number of ether oxygens (including phenoxy) is 1. The SMILES string of the molecule is CN/C(C)=C(\C(=O)Nc1ccc(F)cc1)C(=O)Nc1ccc(O/C(=C/C=N)c2[nH]ccc2C(C)O)c(F)c1. The molecular weight excluding hydrogens is 496 g/mol. The number of aromatic nitrogens is 1. The molecule has 11 heteroatoms. The number of nitrogens with one attached hydrogen (secondary N) is 5. The minimum absolute atomic E-state index is 0.0537. The highest BCUT2D eigenvalue weighted by atomic mass is 19.1. The third-order valence-electron chi connectivity index (χ3n) is 5.43. The molecule has 0 spiro atoms. The van der Waals surface area contributed by atoms with E-state index in [-0.39, 0.29) is 34.2 Å². The summed E-state index contributed by atoms with van der Waals surface area (Å²) in [4.78, 5) is 28.7. The van der Waals surface area contributed by atoms with E-state index in [0.717, 1.165) is 12.3 Å². The smallest absolute Gasteiger partial charge is 0.263 e. The second-order valence-corrected chi connectivity index (χ2v) is 8.09. The maximum atomic E-state index is 15.0. The molecule has 0 fully saturated rings. The van der Waals surface area contributed by atoms with Gasteiger partial charge in [-0.05, 0) is 56.3 Å². The lowest BCUT2D eigenvalue weighted by atomic mass is 10.1. The highest BCUT2D eigenvalue weighted by Crippen LogP contribution is 2.29. The summed E-state index contributed by atoms with van der Waals surface area (Å²) >= 11 is 0. The predicted octanol–water partition coefficient (Wildman–Crippen LogP) is 4.49. The normalized spacial score (nSPS) is 12.7. The van der Waals surface area contributed by atoms with Crippen molar-refractivity contribution in [1.82, 2.24) is 10.3 Å². The first-order chi connectivity index (χ1) is 18.1. The van der Waals surface area contributed by atoms with Crippen LogP contribution in [-0.2, 0) is 9.59 Å². The molecule has 0 aliphatic heterocycles. The number of hydrogen-bond donors (Lipinski definition) is 6. The Morgan fingerprint density at radius 1 is 1.05 bits per heavy atom. The van der Waals surface area contributed by atoms with Gasteiger partial charge in [-0.1, -0.05) is 0 Å². The number of aliphatic hydroxyl groups is 1. The molecule has 0 aliphatic carbocycles. The van der Waals surface area contributed by atoms with Crippen LogP contribution in [0.4, 0.5) is 20.2 Å². The minimum atomic E-state index is -0.833. The van der Waals surface area contributed by atoms with Crippen LogP contribution in [0.25, 0.3) is 5.76 Å². The fraction of sp³-hybridized carbons (Fsp3) is 0.148. The van der Waals surface area contributed by atoms with Crippen LogP contribution in [0, 0.1) is 17.0 Å². The second kappa shape index (κ2) is 12.5. The van der Waals surface area contributed by atoms with Crippen LogP contribution in [0.1, 0.15) is 31.2 Å². The summed E-state index contributed by atoms with van der Waals surface area (Å²) in [5.74, 6) is -2.95. The number of aromatic amines is 1. The van der Waals surface area contributed by atoms with Crippen molar-refractivity contribution < 1.29 is 28.2 Å². The van der Waals surface area contributed by atoms with Gasteiger partial charge in [0.15, 0.2) is 17.3 Å². The van der Waals surface area contributed by atoms with Crippen molar-refractivity contribution in [3.63, 3.8) is 0 Å². The van der Waals surface area contributed by atoms with Crippen LogP contribution in [0.5, 0.6) is 5.75 Å². The third kappa shape index (κ3) is 6.71. The average Bonchev–Trinajstić information content (AvgIpc) is 3.37. The average molecular weight is 524 g/mol. The fourth-order valence-electron chi connectivity index (χ4n) is 3.46. The monoisotopic (exact) mass is 523 g/mol. The number of aliphatic hydroxyl groups excluding tert-OH is 1. The molecular formula is C27H27F2N5O4. The number of amides is 2. The molecule has 0 radical (unpaired) electrons. The van der Waals surface area contributed by atoms with E-state index in [4.69, 9.17) is 10.1 Å². The third-order valence-corrected chi connectivity index (χ3v) is 5.43. The summed E-state index contributed by atoms with van der Waals surface area (Å²) in [5, 5.41) is 25.1. The second-order valence-electron chi connectivity index (χ2n) is 8.09. The van der Waals surface area contributed by atoms with Gasteiger partial charge in [-0.15, -0.1) is 0 Å². The van der Waals surface area contributed by atoms with Crippen LogP contribution in [0.15, 0.2) is 72.1 Å². The van der Waals surface area contributed by atoms with Gasteiger partial charge < -0.3 is 36.2 Å². The van der Waals surface area contributed by atoms with E-state index in [0.29, 0.717) is 11.3 Å². The Morgan fingerprint density at radius 3 is 2.26 bits per heavy atom. The van der Waals surface area contributed by atoms with Gasteiger partial charge in [-0.25, -0.2) is 8.78 Å². The van der Waals surface area contributed by atoms with E-state index in [2.05, 4.69) is 20.9 Å². The molecule has 0 aliphatic rings. The Balaban J connectivity index is 1.80. The standard InChI is InChI=1S/C27H27F2N5O4/c1-15(31-3)24(26(36)33-18-6-4-17(28)5-7-18)27(37)34-19-8-9-22(21(29)14-19)38-23(10-12-30)25-20(16(2)35)11-13-32-25/h4-14,16,30-32,35H,1-3H3,(H,33,36)(H,34,37)/b23-10+,24-15+,30-12?. The number of allylic oxidation sites excluding steroid dienone is 2. The number of hydrogen-bond acceptors (Lipinski definition) is 6. The van der Waals surface area contributed by atoms with Gasteiger partial charge in [0.25, 0.3) is 11.8 Å². The van der Waals surface area contributed by atoms with Crippen molar-refractivity contribution in [1.29, 1.82) is 5.41 Å². The van der Waals surface area contributed by atoms with Crippen molar-refractivity contribution in [2.75, 3.05) is 17.7 Å². The number of benzene rings is 2. The number of rotatable bonds is 10. The highest BCUT2D eigenvalue weighted by molar-refractivity contribution is 6.26. The summed E-state index contributed by atoms with van der Waals surface area (Å²) in [7, 11) is 1.53. The van der Waals surface area contributed by atoms with E-state index >= 15 is 0 Å². The molecule has 1 aromatic heterocycles. The van der Waals surface area contributed by atoms with Crippen LogP contribution in [-0.4, -0.2) is 35.2 Å². The Kier molecular flexibility index (Phi) is 9.12. The number of carbonyl (C=O) groups is 2.